The Kier molecular flexibility index (Phi) is 3.69. The Labute approximate surface area is 117 Å². The molecule has 1 aromatic rings. The zero-order valence-corrected chi connectivity index (χ0v) is 12.1. The molecule has 0 amide bonds. The van der Waals surface area contributed by atoms with E-state index >= 15 is 0 Å². The number of esters is 2. The number of hydrogen-bond donors (Lipinski definition) is 1. The third kappa shape index (κ3) is 2.23. The fourth-order valence-electron chi connectivity index (χ4n) is 2.28. The minimum atomic E-state index is -1.18. The van der Waals surface area contributed by atoms with Gasteiger partial charge in [0, 0.05) is 13.1 Å². The number of anilines is 1. The van der Waals surface area contributed by atoms with Gasteiger partial charge in [-0.25, -0.2) is 0 Å². The Hall–Kier alpha value is -2.05. The molecule has 1 N–H and O–H groups in total. The lowest BCUT2D eigenvalue weighted by Gasteiger charge is -2.35. The topological polar surface area (TPSA) is 82.4 Å². The molecule has 0 spiro atoms. The summed E-state index contributed by atoms with van der Waals surface area (Å²) in [7, 11) is 1.74. The van der Waals surface area contributed by atoms with Crippen LogP contribution in [0, 0.1) is 12.3 Å². The second-order valence-corrected chi connectivity index (χ2v) is 4.87. The summed E-state index contributed by atoms with van der Waals surface area (Å²) in [5, 5.41) is 6.98. The van der Waals surface area contributed by atoms with Gasteiger partial charge in [0.25, 0.3) is 0 Å². The molecule has 0 bridgehead atoms. The number of ether oxygens (including phenoxy) is 2. The van der Waals surface area contributed by atoms with Crippen molar-refractivity contribution in [2.45, 2.75) is 40.0 Å². The summed E-state index contributed by atoms with van der Waals surface area (Å²) in [6.45, 7) is 5.37. The fourth-order valence-corrected chi connectivity index (χ4v) is 2.28. The molecule has 0 atom stereocenters. The maximum Gasteiger partial charge on any atom is 0.330 e. The molecule has 2 heterocycles. The Morgan fingerprint density at radius 1 is 1.30 bits per heavy atom. The van der Waals surface area contributed by atoms with Crippen molar-refractivity contribution in [1.82, 2.24) is 9.78 Å². The quantitative estimate of drug-likeness (QED) is 0.662. The van der Waals surface area contributed by atoms with E-state index in [-0.39, 0.29) is 0 Å². The lowest BCUT2D eigenvalue weighted by molar-refractivity contribution is -0.219. The van der Waals surface area contributed by atoms with Crippen LogP contribution in [0.1, 0.15) is 32.4 Å². The molecule has 7 heteroatoms. The Morgan fingerprint density at radius 2 is 1.85 bits per heavy atom. The van der Waals surface area contributed by atoms with E-state index in [9.17, 15) is 9.59 Å². The first kappa shape index (κ1) is 14.4. The van der Waals surface area contributed by atoms with E-state index in [1.807, 2.05) is 6.92 Å². The normalized spacial score (nSPS) is 18.6. The number of nitrogens with zero attached hydrogens (tertiary/aromatic N) is 2. The maximum atomic E-state index is 12.1. The summed E-state index contributed by atoms with van der Waals surface area (Å²) in [4.78, 5) is 24.2. The summed E-state index contributed by atoms with van der Waals surface area (Å²) in [5.41, 5.74) is -0.375. The van der Waals surface area contributed by atoms with E-state index in [0.717, 1.165) is 5.69 Å². The molecule has 0 saturated carbocycles. The minimum absolute atomic E-state index is 0.360. The minimum Gasteiger partial charge on any atom is -0.405 e. The van der Waals surface area contributed by atoms with Gasteiger partial charge in [0.1, 0.15) is 5.82 Å². The Morgan fingerprint density at radius 3 is 2.25 bits per heavy atom. The van der Waals surface area contributed by atoms with Crippen LogP contribution in [0.4, 0.5) is 5.82 Å². The largest absolute Gasteiger partial charge is 0.405 e. The number of carbonyl (C=O) groups excluding carboxylic acids is 2. The summed E-state index contributed by atoms with van der Waals surface area (Å²) in [6, 6.07) is 1.77. The van der Waals surface area contributed by atoms with Gasteiger partial charge in [0.2, 0.25) is 0 Å². The second kappa shape index (κ2) is 5.15. The maximum absolute atomic E-state index is 12.1. The van der Waals surface area contributed by atoms with Crippen molar-refractivity contribution in [3.63, 3.8) is 0 Å². The second-order valence-electron chi connectivity index (χ2n) is 4.87. The Balaban J connectivity index is 2.13. The highest BCUT2D eigenvalue weighted by atomic mass is 16.7. The molecule has 0 aromatic carbocycles. The van der Waals surface area contributed by atoms with Gasteiger partial charge in [0.15, 0.2) is 5.41 Å². The fraction of sp³-hybridized carbons (Fsp3) is 0.615. The average molecular weight is 281 g/mol. The van der Waals surface area contributed by atoms with Crippen LogP contribution in [0.5, 0.6) is 0 Å². The third-order valence-corrected chi connectivity index (χ3v) is 3.68. The number of rotatable bonds is 4. The highest BCUT2D eigenvalue weighted by molar-refractivity contribution is 6.01. The zero-order chi connectivity index (χ0) is 14.9. The van der Waals surface area contributed by atoms with Crippen LogP contribution in [0.25, 0.3) is 0 Å². The van der Waals surface area contributed by atoms with Crippen LogP contribution in [-0.2, 0) is 26.1 Å². The molecule has 110 valence electrons. The molecule has 0 unspecified atom stereocenters. The number of nitrogens with one attached hydrogen (secondary N) is 1. The van der Waals surface area contributed by atoms with Crippen molar-refractivity contribution in [3.8, 4) is 0 Å². The van der Waals surface area contributed by atoms with Gasteiger partial charge in [-0.05, 0) is 19.8 Å². The highest BCUT2D eigenvalue weighted by Crippen LogP contribution is 2.34. The van der Waals surface area contributed by atoms with E-state index < -0.39 is 23.8 Å². The molecule has 1 aliphatic heterocycles. The number of hydrogen-bond acceptors (Lipinski definition) is 6. The van der Waals surface area contributed by atoms with E-state index in [0.29, 0.717) is 18.7 Å². The van der Waals surface area contributed by atoms with Crippen LogP contribution in [0.3, 0.4) is 0 Å². The molecule has 20 heavy (non-hydrogen) atoms. The standard InChI is InChI=1S/C13H19N3O4/c1-5-13(6-2)10(17)19-12(20-11(13)18)14-9-7-8(3)15-16(9)4/h7,12,14H,5-6H2,1-4H3. The van der Waals surface area contributed by atoms with Crippen molar-refractivity contribution in [3.05, 3.63) is 11.8 Å². The molecule has 0 aliphatic carbocycles. The molecular formula is C13H19N3O4. The van der Waals surface area contributed by atoms with Crippen LogP contribution in [-0.4, -0.2) is 28.1 Å². The molecule has 0 radical (unpaired) electrons. The summed E-state index contributed by atoms with van der Waals surface area (Å²) in [6.07, 6.45) is -0.395. The van der Waals surface area contributed by atoms with Crippen molar-refractivity contribution < 1.29 is 19.1 Å². The predicted molar refractivity (Wildman–Crippen MR) is 70.6 cm³/mol. The summed E-state index contributed by atoms with van der Waals surface area (Å²) < 4.78 is 12.0. The lowest BCUT2D eigenvalue weighted by atomic mass is 9.82. The summed E-state index contributed by atoms with van der Waals surface area (Å²) in [5.74, 6) is -0.487. The van der Waals surface area contributed by atoms with E-state index in [2.05, 4.69) is 10.4 Å². The van der Waals surface area contributed by atoms with Gasteiger partial charge < -0.3 is 14.8 Å². The van der Waals surface area contributed by atoms with Crippen LogP contribution in [0.2, 0.25) is 0 Å². The van der Waals surface area contributed by atoms with Crippen molar-refractivity contribution in [2.75, 3.05) is 5.32 Å². The number of cyclic esters (lactones) is 2. The molecule has 1 aliphatic rings. The molecule has 7 nitrogen and oxygen atoms in total. The monoisotopic (exact) mass is 281 g/mol. The first-order chi connectivity index (χ1) is 9.42. The molecule has 1 saturated heterocycles. The van der Waals surface area contributed by atoms with Gasteiger partial charge in [-0.1, -0.05) is 13.8 Å². The average Bonchev–Trinajstić information content (AvgIpc) is 2.69. The Bertz CT molecular complexity index is 514. The smallest absolute Gasteiger partial charge is 0.330 e. The highest BCUT2D eigenvalue weighted by Gasteiger charge is 2.51. The number of aryl methyl sites for hydroxylation is 2. The molecule has 2 rings (SSSR count). The molecular weight excluding hydrogens is 262 g/mol. The van der Waals surface area contributed by atoms with Gasteiger partial charge >= 0.3 is 18.4 Å². The lowest BCUT2D eigenvalue weighted by Crippen LogP contribution is -2.51. The number of carbonyl (C=O) groups is 2. The van der Waals surface area contributed by atoms with Gasteiger partial charge in [0.05, 0.1) is 5.69 Å². The van der Waals surface area contributed by atoms with Crippen molar-refractivity contribution in [1.29, 1.82) is 0 Å². The van der Waals surface area contributed by atoms with Crippen molar-refractivity contribution in [2.24, 2.45) is 12.5 Å². The third-order valence-electron chi connectivity index (χ3n) is 3.68. The number of aromatic nitrogens is 2. The summed E-state index contributed by atoms with van der Waals surface area (Å²) >= 11 is 0. The van der Waals surface area contributed by atoms with Crippen LogP contribution < -0.4 is 5.32 Å². The van der Waals surface area contributed by atoms with Gasteiger partial charge in [-0.3, -0.25) is 14.3 Å². The van der Waals surface area contributed by atoms with Crippen molar-refractivity contribution >= 4 is 17.8 Å². The van der Waals surface area contributed by atoms with E-state index in [1.54, 1.807) is 31.6 Å². The van der Waals surface area contributed by atoms with E-state index in [4.69, 9.17) is 9.47 Å². The molecule has 1 fully saturated rings. The molecule has 1 aromatic heterocycles. The van der Waals surface area contributed by atoms with Gasteiger partial charge in [-0.15, -0.1) is 0 Å². The van der Waals surface area contributed by atoms with Gasteiger partial charge in [-0.2, -0.15) is 5.10 Å². The first-order valence-electron chi connectivity index (χ1n) is 6.62. The van der Waals surface area contributed by atoms with Crippen LogP contribution >= 0.6 is 0 Å². The predicted octanol–water partition coefficient (Wildman–Crippen LogP) is 1.33. The zero-order valence-electron chi connectivity index (χ0n) is 12.1. The first-order valence-corrected chi connectivity index (χ1v) is 6.62. The van der Waals surface area contributed by atoms with E-state index in [1.165, 1.54) is 0 Å². The SMILES string of the molecule is CCC1(CC)C(=O)OC(Nc2cc(C)nn2C)OC1=O. The van der Waals surface area contributed by atoms with Crippen LogP contribution in [0.15, 0.2) is 6.07 Å².